The van der Waals surface area contributed by atoms with Gasteiger partial charge in [-0.3, -0.25) is 0 Å². The second-order valence-electron chi connectivity index (χ2n) is 16.7. The number of hydrogen-bond donors (Lipinski definition) is 0. The molecule has 306 valence electrons. The Morgan fingerprint density at radius 1 is 0.333 bits per heavy atom. The molecule has 13 rings (SSSR count). The molecule has 3 aromatic heterocycles. The topological polar surface area (TPSA) is 65.6 Å². The lowest BCUT2D eigenvalue weighted by Gasteiger charge is -2.25. The van der Waals surface area contributed by atoms with Crippen LogP contribution in [0.15, 0.2) is 218 Å². The third-order valence-electron chi connectivity index (χ3n) is 13.2. The standard InChI is InChI=1S/C60H36N6/c61-37-40-35-57(41(38-62)34-56(40)65-52-27-15-13-25-49(52)58-46-23-11-10-16-39(46)28-31-54(58)65)66-53-32-29-45(63(42-17-4-1-5-18-42)43-19-6-2-7-20-43)36-50(53)59-55(66)33-30-48-47-24-12-14-26-51(47)64(60(48)59)44-21-8-3-9-22-44/h1-36H. The summed E-state index contributed by atoms with van der Waals surface area (Å²) in [5.74, 6) is 0. The number of anilines is 3. The molecule has 6 nitrogen and oxygen atoms in total. The molecule has 0 spiro atoms. The molecule has 0 fully saturated rings. The molecule has 10 aromatic carbocycles. The highest BCUT2D eigenvalue weighted by molar-refractivity contribution is 6.27. The van der Waals surface area contributed by atoms with Crippen LogP contribution in [-0.4, -0.2) is 13.7 Å². The van der Waals surface area contributed by atoms with Crippen molar-refractivity contribution >= 4 is 93.3 Å². The molecule has 0 radical (unpaired) electrons. The Morgan fingerprint density at radius 3 is 1.48 bits per heavy atom. The number of benzene rings is 10. The molecule has 0 aliphatic heterocycles. The Bertz CT molecular complexity index is 4140. The zero-order chi connectivity index (χ0) is 43.9. The minimum Gasteiger partial charge on any atom is -0.310 e. The largest absolute Gasteiger partial charge is 0.310 e. The van der Waals surface area contributed by atoms with E-state index in [9.17, 15) is 10.5 Å². The van der Waals surface area contributed by atoms with E-state index in [0.717, 1.165) is 98.9 Å². The van der Waals surface area contributed by atoms with Crippen LogP contribution >= 0.6 is 0 Å². The summed E-state index contributed by atoms with van der Waals surface area (Å²) in [6.45, 7) is 0. The Balaban J connectivity index is 1.15. The van der Waals surface area contributed by atoms with Gasteiger partial charge in [0.25, 0.3) is 0 Å². The van der Waals surface area contributed by atoms with Gasteiger partial charge in [0.2, 0.25) is 0 Å². The number of para-hydroxylation sites is 5. The quantitative estimate of drug-likeness (QED) is 0.167. The van der Waals surface area contributed by atoms with Crippen LogP contribution in [0.4, 0.5) is 17.1 Å². The fourth-order valence-corrected chi connectivity index (χ4v) is 10.5. The van der Waals surface area contributed by atoms with Crippen molar-refractivity contribution < 1.29 is 0 Å². The molecular formula is C60H36N6. The van der Waals surface area contributed by atoms with E-state index >= 15 is 0 Å². The number of aromatic nitrogens is 3. The van der Waals surface area contributed by atoms with E-state index in [2.05, 4.69) is 213 Å². The highest BCUT2D eigenvalue weighted by Crippen LogP contribution is 2.46. The summed E-state index contributed by atoms with van der Waals surface area (Å²) in [7, 11) is 0. The van der Waals surface area contributed by atoms with Crippen molar-refractivity contribution in [2.45, 2.75) is 0 Å². The first-order chi connectivity index (χ1) is 32.7. The third-order valence-corrected chi connectivity index (χ3v) is 13.2. The summed E-state index contributed by atoms with van der Waals surface area (Å²) < 4.78 is 6.72. The van der Waals surface area contributed by atoms with Crippen molar-refractivity contribution in [1.82, 2.24) is 13.7 Å². The zero-order valence-corrected chi connectivity index (χ0v) is 35.5. The first kappa shape index (κ1) is 37.2. The van der Waals surface area contributed by atoms with Crippen LogP contribution in [-0.2, 0) is 0 Å². The van der Waals surface area contributed by atoms with Gasteiger partial charge < -0.3 is 18.6 Å². The van der Waals surface area contributed by atoms with E-state index in [-0.39, 0.29) is 0 Å². The fourth-order valence-electron chi connectivity index (χ4n) is 10.5. The predicted octanol–water partition coefficient (Wildman–Crippen LogP) is 15.3. The van der Waals surface area contributed by atoms with Crippen molar-refractivity contribution in [2.24, 2.45) is 0 Å². The van der Waals surface area contributed by atoms with Crippen molar-refractivity contribution in [3.8, 4) is 29.2 Å². The summed E-state index contributed by atoms with van der Waals surface area (Å²) in [6.07, 6.45) is 0. The van der Waals surface area contributed by atoms with Crippen molar-refractivity contribution in [2.75, 3.05) is 4.90 Å². The molecule has 0 aliphatic carbocycles. The molecule has 0 saturated carbocycles. The van der Waals surface area contributed by atoms with Crippen molar-refractivity contribution in [1.29, 1.82) is 10.5 Å². The van der Waals surface area contributed by atoms with Crippen LogP contribution < -0.4 is 4.90 Å². The smallest absolute Gasteiger partial charge is 0.101 e. The van der Waals surface area contributed by atoms with Crippen LogP contribution in [0.3, 0.4) is 0 Å². The maximum Gasteiger partial charge on any atom is 0.101 e. The van der Waals surface area contributed by atoms with Crippen LogP contribution in [0.5, 0.6) is 0 Å². The summed E-state index contributed by atoms with van der Waals surface area (Å²) >= 11 is 0. The molecule has 0 aliphatic rings. The number of nitriles is 2. The lowest BCUT2D eigenvalue weighted by molar-refractivity contribution is 1.12. The number of rotatable bonds is 6. The van der Waals surface area contributed by atoms with Crippen LogP contribution in [0, 0.1) is 22.7 Å². The van der Waals surface area contributed by atoms with Gasteiger partial charge in [-0.05, 0) is 102 Å². The first-order valence-electron chi connectivity index (χ1n) is 22.1. The monoisotopic (exact) mass is 840 g/mol. The molecule has 13 aromatic rings. The molecule has 0 N–H and O–H groups in total. The van der Waals surface area contributed by atoms with Gasteiger partial charge in [-0.25, -0.2) is 0 Å². The van der Waals surface area contributed by atoms with Crippen LogP contribution in [0.2, 0.25) is 0 Å². The summed E-state index contributed by atoms with van der Waals surface area (Å²) in [6, 6.07) is 81.1. The highest BCUT2D eigenvalue weighted by atomic mass is 15.1. The number of hydrogen-bond acceptors (Lipinski definition) is 3. The van der Waals surface area contributed by atoms with Gasteiger partial charge in [0.1, 0.15) is 12.1 Å². The maximum absolute atomic E-state index is 11.3. The van der Waals surface area contributed by atoms with E-state index in [0.29, 0.717) is 22.5 Å². The molecule has 0 unspecified atom stereocenters. The Kier molecular flexibility index (Phi) is 8.24. The maximum atomic E-state index is 11.3. The van der Waals surface area contributed by atoms with Gasteiger partial charge >= 0.3 is 0 Å². The lowest BCUT2D eigenvalue weighted by atomic mass is 10.0. The van der Waals surface area contributed by atoms with Crippen LogP contribution in [0.25, 0.3) is 93.3 Å². The Hall–Kier alpha value is -9.36. The number of fused-ring (bicyclic) bond motifs is 12. The van der Waals surface area contributed by atoms with Gasteiger partial charge in [-0.1, -0.05) is 127 Å². The minimum absolute atomic E-state index is 0.456. The van der Waals surface area contributed by atoms with Gasteiger partial charge in [0.05, 0.1) is 55.6 Å². The minimum atomic E-state index is 0.456. The van der Waals surface area contributed by atoms with E-state index < -0.39 is 0 Å². The van der Waals surface area contributed by atoms with E-state index in [1.54, 1.807) is 0 Å². The first-order valence-corrected chi connectivity index (χ1v) is 22.1. The predicted molar refractivity (Wildman–Crippen MR) is 271 cm³/mol. The second-order valence-corrected chi connectivity index (χ2v) is 16.7. The normalized spacial score (nSPS) is 11.6. The van der Waals surface area contributed by atoms with Gasteiger partial charge in [-0.15, -0.1) is 0 Å². The SMILES string of the molecule is N#Cc1cc(-n2c3ccc(N(c4ccccc4)c4ccccc4)cc3c3c2ccc2c4ccccc4n(-c4ccccc4)c23)c(C#N)cc1-n1c2ccccc2c2c3ccccc3ccc21. The number of nitrogens with zero attached hydrogens (tertiary/aromatic N) is 6. The molecule has 0 bridgehead atoms. The molecule has 6 heteroatoms. The highest BCUT2D eigenvalue weighted by Gasteiger charge is 2.25. The molecule has 0 atom stereocenters. The van der Waals surface area contributed by atoms with Crippen LogP contribution in [0.1, 0.15) is 11.1 Å². The fraction of sp³-hybridized carbons (Fsp3) is 0. The second kappa shape index (κ2) is 14.6. The zero-order valence-electron chi connectivity index (χ0n) is 35.5. The van der Waals surface area contributed by atoms with E-state index in [1.807, 2.05) is 36.4 Å². The van der Waals surface area contributed by atoms with Crippen molar-refractivity contribution in [3.63, 3.8) is 0 Å². The van der Waals surface area contributed by atoms with Gasteiger partial charge in [0, 0.05) is 55.1 Å². The Morgan fingerprint density at radius 2 is 0.833 bits per heavy atom. The van der Waals surface area contributed by atoms with E-state index in [4.69, 9.17) is 0 Å². The molecule has 3 heterocycles. The van der Waals surface area contributed by atoms with E-state index in [1.165, 1.54) is 0 Å². The average Bonchev–Trinajstić information content (AvgIpc) is 4.02. The molecular weight excluding hydrogens is 805 g/mol. The summed E-state index contributed by atoms with van der Waals surface area (Å²) in [5, 5.41) is 31.3. The summed E-state index contributed by atoms with van der Waals surface area (Å²) in [5.41, 5.74) is 12.3. The molecule has 0 saturated heterocycles. The van der Waals surface area contributed by atoms with Crippen molar-refractivity contribution in [3.05, 3.63) is 230 Å². The summed E-state index contributed by atoms with van der Waals surface area (Å²) in [4.78, 5) is 2.29. The van der Waals surface area contributed by atoms with Gasteiger partial charge in [-0.2, -0.15) is 10.5 Å². The molecule has 66 heavy (non-hydrogen) atoms. The third kappa shape index (κ3) is 5.40. The Labute approximate surface area is 379 Å². The van der Waals surface area contributed by atoms with Gasteiger partial charge in [0.15, 0.2) is 0 Å². The average molecular weight is 841 g/mol. The molecule has 0 amide bonds. The lowest BCUT2D eigenvalue weighted by Crippen LogP contribution is -2.09.